The second-order valence-electron chi connectivity index (χ2n) is 14.3. The van der Waals surface area contributed by atoms with E-state index in [1.807, 2.05) is 45.9 Å². The molecule has 5 N–H and O–H groups in total. The van der Waals surface area contributed by atoms with Crippen molar-refractivity contribution in [2.75, 3.05) is 12.8 Å². The highest BCUT2D eigenvalue weighted by Gasteiger charge is 2.51. The first-order chi connectivity index (χ1) is 23.2. The van der Waals surface area contributed by atoms with E-state index >= 15 is 0 Å². The molecule has 1 saturated heterocycles. The maximum absolute atomic E-state index is 13.2. The van der Waals surface area contributed by atoms with Gasteiger partial charge in [0.2, 0.25) is 11.8 Å². The normalized spacial score (nSPS) is 24.5. The third-order valence-electron chi connectivity index (χ3n) is 10.3. The fourth-order valence-corrected chi connectivity index (χ4v) is 7.42. The Morgan fingerprint density at radius 1 is 1.08 bits per heavy atom. The van der Waals surface area contributed by atoms with Crippen LogP contribution in [0.25, 0.3) is 0 Å². The van der Waals surface area contributed by atoms with Crippen molar-refractivity contribution in [3.63, 3.8) is 0 Å². The molecule has 7 atom stereocenters. The molecule has 0 bridgehead atoms. The summed E-state index contributed by atoms with van der Waals surface area (Å²) in [6.45, 7) is 12.9. The zero-order chi connectivity index (χ0) is 36.1. The second kappa shape index (κ2) is 16.4. The number of carbonyl (C=O) groups is 2. The van der Waals surface area contributed by atoms with E-state index in [0.29, 0.717) is 32.1 Å². The molecule has 10 heteroatoms. The Kier molecular flexibility index (Phi) is 13.0. The lowest BCUT2D eigenvalue weighted by Crippen LogP contribution is -2.58. The van der Waals surface area contributed by atoms with E-state index < -0.39 is 40.9 Å². The topological polar surface area (TPSA) is 131 Å². The Balaban J connectivity index is 1.26. The SMILES string of the molecule is C#CC(C)(C)N(CC)C(C)C(C)NC(=O)C1(NC(=O)CCCc2ccc(Cc3cc([C@@H]4O[C@H](SC)[C@@H](O)[C@H](O)[C@H]4O)ccc3C)cc2)CC1. The largest absolute Gasteiger partial charge is 0.387 e. The smallest absolute Gasteiger partial charge is 0.246 e. The number of amides is 2. The third-order valence-corrected chi connectivity index (χ3v) is 11.2. The molecule has 1 saturated carbocycles. The van der Waals surface area contributed by atoms with Crippen molar-refractivity contribution in [2.45, 2.75) is 133 Å². The van der Waals surface area contributed by atoms with Gasteiger partial charge in [0, 0.05) is 18.5 Å². The van der Waals surface area contributed by atoms with E-state index in [1.54, 1.807) is 6.26 Å². The second-order valence-corrected chi connectivity index (χ2v) is 15.2. The number of rotatable bonds is 15. The number of aryl methyl sites for hydroxylation is 2. The molecule has 268 valence electrons. The van der Waals surface area contributed by atoms with Gasteiger partial charge in [0.05, 0.1) is 5.54 Å². The summed E-state index contributed by atoms with van der Waals surface area (Å²) in [4.78, 5) is 28.3. The molecule has 0 spiro atoms. The summed E-state index contributed by atoms with van der Waals surface area (Å²) >= 11 is 1.30. The number of terminal acetylenes is 1. The van der Waals surface area contributed by atoms with Gasteiger partial charge in [-0.05, 0) is 107 Å². The van der Waals surface area contributed by atoms with Gasteiger partial charge in [-0.1, -0.05) is 55.3 Å². The van der Waals surface area contributed by atoms with Gasteiger partial charge in [0.15, 0.2) is 0 Å². The number of hydrogen-bond donors (Lipinski definition) is 5. The van der Waals surface area contributed by atoms with Gasteiger partial charge in [-0.25, -0.2) is 0 Å². The molecule has 49 heavy (non-hydrogen) atoms. The lowest BCUT2D eigenvalue weighted by molar-refractivity contribution is -0.200. The summed E-state index contributed by atoms with van der Waals surface area (Å²) in [5.41, 5.74) is 3.32. The molecule has 2 aromatic carbocycles. The van der Waals surface area contributed by atoms with E-state index in [0.717, 1.165) is 40.8 Å². The van der Waals surface area contributed by atoms with Gasteiger partial charge in [-0.3, -0.25) is 14.5 Å². The summed E-state index contributed by atoms with van der Waals surface area (Å²) in [6.07, 6.45) is 6.86. The lowest BCUT2D eigenvalue weighted by atomic mass is 9.91. The van der Waals surface area contributed by atoms with Crippen LogP contribution in [0.15, 0.2) is 42.5 Å². The van der Waals surface area contributed by atoms with E-state index in [-0.39, 0.29) is 23.9 Å². The van der Waals surface area contributed by atoms with E-state index in [2.05, 4.69) is 59.6 Å². The minimum atomic E-state index is -1.29. The van der Waals surface area contributed by atoms with Gasteiger partial charge in [0.25, 0.3) is 0 Å². The fraction of sp³-hybridized carbons (Fsp3) is 0.590. The molecule has 1 heterocycles. The number of ether oxygens (including phenoxy) is 1. The van der Waals surface area contributed by atoms with Crippen molar-refractivity contribution >= 4 is 23.6 Å². The first-order valence-electron chi connectivity index (χ1n) is 17.4. The van der Waals surface area contributed by atoms with Gasteiger partial charge in [0.1, 0.15) is 35.4 Å². The van der Waals surface area contributed by atoms with Crippen LogP contribution in [0.2, 0.25) is 0 Å². The highest BCUT2D eigenvalue weighted by atomic mass is 32.2. The zero-order valence-electron chi connectivity index (χ0n) is 30.0. The van der Waals surface area contributed by atoms with Crippen LogP contribution in [0, 0.1) is 19.3 Å². The van der Waals surface area contributed by atoms with Crippen molar-refractivity contribution in [1.29, 1.82) is 0 Å². The summed E-state index contributed by atoms with van der Waals surface area (Å²) < 4.78 is 5.97. The molecule has 2 amide bonds. The molecule has 2 fully saturated rings. The predicted octanol–water partition coefficient (Wildman–Crippen LogP) is 4.03. The van der Waals surface area contributed by atoms with E-state index in [4.69, 9.17) is 11.2 Å². The molecule has 1 aliphatic carbocycles. The quantitative estimate of drug-likeness (QED) is 0.177. The number of likely N-dealkylation sites (N-methyl/N-ethyl adjacent to an activating group) is 1. The molecule has 0 aromatic heterocycles. The van der Waals surface area contributed by atoms with Crippen LogP contribution in [0.4, 0.5) is 0 Å². The monoisotopic (exact) mass is 693 g/mol. The van der Waals surface area contributed by atoms with Gasteiger partial charge in [-0.15, -0.1) is 18.2 Å². The first kappa shape index (κ1) is 38.9. The number of benzene rings is 2. The molecule has 0 radical (unpaired) electrons. The summed E-state index contributed by atoms with van der Waals surface area (Å²) in [7, 11) is 0. The molecule has 1 aliphatic heterocycles. The molecular formula is C39H55N3O6S. The Hall–Kier alpha value is -2.91. The number of thioether (sulfide) groups is 1. The summed E-state index contributed by atoms with van der Waals surface area (Å²) in [5, 5.41) is 37.4. The third kappa shape index (κ3) is 9.26. The Bertz CT molecular complexity index is 1480. The minimum absolute atomic E-state index is 0.0241. The van der Waals surface area contributed by atoms with Crippen LogP contribution >= 0.6 is 11.8 Å². The van der Waals surface area contributed by atoms with Crippen LogP contribution in [0.3, 0.4) is 0 Å². The number of nitrogens with zero attached hydrogens (tertiary/aromatic N) is 1. The molecule has 2 unspecified atom stereocenters. The molecule has 9 nitrogen and oxygen atoms in total. The standard InChI is InChI=1S/C39H55N3O6S/c1-9-38(6,7)42(10-2)26(5)25(4)40-37(47)39(20-21-39)41-31(43)13-11-12-27-15-17-28(18-16-27)22-30-23-29(19-14-24(30)3)35-33(45)32(44)34(46)36(48-35)49-8/h1,14-19,23,25-26,32-36,44-46H,10-13,20-22H2,2-8H3,(H,40,47)(H,41,43)/t25?,26?,32-,33-,34+,35+,36-/m1/s1. The van der Waals surface area contributed by atoms with Crippen molar-refractivity contribution in [2.24, 2.45) is 0 Å². The van der Waals surface area contributed by atoms with Crippen LogP contribution in [-0.4, -0.2) is 91.7 Å². The van der Waals surface area contributed by atoms with Crippen molar-refractivity contribution in [3.8, 4) is 12.3 Å². The molecule has 4 rings (SSSR count). The number of carbonyl (C=O) groups excluding carboxylic acids is 2. The summed E-state index contributed by atoms with van der Waals surface area (Å²) in [6, 6.07) is 14.1. The lowest BCUT2D eigenvalue weighted by Gasteiger charge is -2.41. The van der Waals surface area contributed by atoms with E-state index in [9.17, 15) is 24.9 Å². The molecular weight excluding hydrogens is 639 g/mol. The fourth-order valence-electron chi connectivity index (χ4n) is 6.75. The maximum Gasteiger partial charge on any atom is 0.246 e. The minimum Gasteiger partial charge on any atom is -0.387 e. The predicted molar refractivity (Wildman–Crippen MR) is 195 cm³/mol. The van der Waals surface area contributed by atoms with Crippen LogP contribution in [-0.2, 0) is 27.2 Å². The highest BCUT2D eigenvalue weighted by Crippen LogP contribution is 2.37. The number of hydrogen-bond acceptors (Lipinski definition) is 8. The van der Waals surface area contributed by atoms with Crippen LogP contribution < -0.4 is 10.6 Å². The number of aliphatic hydroxyl groups is 3. The van der Waals surface area contributed by atoms with Crippen LogP contribution in [0.1, 0.15) is 94.2 Å². The van der Waals surface area contributed by atoms with Gasteiger partial charge < -0.3 is 30.7 Å². The van der Waals surface area contributed by atoms with Crippen molar-refractivity contribution in [1.82, 2.24) is 15.5 Å². The van der Waals surface area contributed by atoms with Crippen molar-refractivity contribution in [3.05, 3.63) is 70.3 Å². The highest BCUT2D eigenvalue weighted by molar-refractivity contribution is 7.99. The average molecular weight is 694 g/mol. The maximum atomic E-state index is 13.2. The van der Waals surface area contributed by atoms with Gasteiger partial charge >= 0.3 is 0 Å². The molecule has 2 aliphatic rings. The van der Waals surface area contributed by atoms with Crippen LogP contribution in [0.5, 0.6) is 0 Å². The number of nitrogens with one attached hydrogen (secondary N) is 2. The summed E-state index contributed by atoms with van der Waals surface area (Å²) in [5.74, 6) is 2.61. The first-order valence-corrected chi connectivity index (χ1v) is 18.7. The Labute approximate surface area is 296 Å². The van der Waals surface area contributed by atoms with E-state index in [1.165, 1.54) is 11.8 Å². The van der Waals surface area contributed by atoms with Gasteiger partial charge in [-0.2, -0.15) is 0 Å². The zero-order valence-corrected chi connectivity index (χ0v) is 30.8. The average Bonchev–Trinajstić information content (AvgIpc) is 3.86. The Morgan fingerprint density at radius 3 is 2.33 bits per heavy atom. The number of aliphatic hydroxyl groups excluding tert-OH is 3. The Morgan fingerprint density at radius 2 is 1.73 bits per heavy atom. The molecule has 2 aromatic rings. The van der Waals surface area contributed by atoms with Crippen molar-refractivity contribution < 1.29 is 29.6 Å².